The predicted octanol–water partition coefficient (Wildman–Crippen LogP) is 3.60. The second kappa shape index (κ2) is 8.37. The quantitative estimate of drug-likeness (QED) is 0.639. The summed E-state index contributed by atoms with van der Waals surface area (Å²) in [7, 11) is -3.99. The van der Waals surface area contributed by atoms with Gasteiger partial charge in [-0.15, -0.1) is 0 Å². The van der Waals surface area contributed by atoms with Crippen LogP contribution in [-0.2, 0) is 16.6 Å². The fourth-order valence-corrected chi connectivity index (χ4v) is 3.64. The topological polar surface area (TPSA) is 88.2 Å². The molecule has 0 atom stereocenters. The van der Waals surface area contributed by atoms with Crippen molar-refractivity contribution in [3.8, 4) is 0 Å². The lowest BCUT2D eigenvalue weighted by molar-refractivity contribution is 0.0951. The molecule has 0 fully saturated rings. The van der Waals surface area contributed by atoms with Crippen LogP contribution in [0.5, 0.6) is 0 Å². The Morgan fingerprint density at radius 1 is 1.04 bits per heavy atom. The number of anilines is 1. The lowest BCUT2D eigenvalue weighted by Gasteiger charge is -2.12. The van der Waals surface area contributed by atoms with E-state index in [9.17, 15) is 17.6 Å². The molecule has 0 radical (unpaired) electrons. The number of carbonyl (C=O) groups is 1. The van der Waals surface area contributed by atoms with Crippen LogP contribution in [0, 0.1) is 5.82 Å². The summed E-state index contributed by atoms with van der Waals surface area (Å²) in [4.78, 5) is 16.1. The van der Waals surface area contributed by atoms with Crippen LogP contribution in [0.3, 0.4) is 0 Å². The summed E-state index contributed by atoms with van der Waals surface area (Å²) < 4.78 is 40.3. The van der Waals surface area contributed by atoms with E-state index >= 15 is 0 Å². The summed E-state index contributed by atoms with van der Waals surface area (Å²) in [6, 6.07) is 12.1. The Labute approximate surface area is 166 Å². The zero-order valence-corrected chi connectivity index (χ0v) is 16.0. The SMILES string of the molecule is O=C(NCc1ccncc1)c1ccc(Cl)c(NS(=O)(=O)c2ccc(F)cc2)c1. The Bertz CT molecular complexity index is 1090. The average Bonchev–Trinajstić information content (AvgIpc) is 2.69. The van der Waals surface area contributed by atoms with Crippen molar-refractivity contribution in [1.29, 1.82) is 0 Å². The molecule has 0 bridgehead atoms. The molecule has 0 aliphatic heterocycles. The molecule has 28 heavy (non-hydrogen) atoms. The maximum absolute atomic E-state index is 13.0. The number of aromatic nitrogens is 1. The summed E-state index contributed by atoms with van der Waals surface area (Å²) in [5.74, 6) is -0.944. The van der Waals surface area contributed by atoms with E-state index in [1.165, 1.54) is 18.2 Å². The summed E-state index contributed by atoms with van der Waals surface area (Å²) in [5.41, 5.74) is 1.15. The molecule has 0 saturated heterocycles. The van der Waals surface area contributed by atoms with Crippen LogP contribution in [0.4, 0.5) is 10.1 Å². The van der Waals surface area contributed by atoms with Gasteiger partial charge in [-0.3, -0.25) is 14.5 Å². The number of carbonyl (C=O) groups excluding carboxylic acids is 1. The first-order chi connectivity index (χ1) is 13.3. The zero-order valence-electron chi connectivity index (χ0n) is 14.4. The number of halogens is 2. The summed E-state index contributed by atoms with van der Waals surface area (Å²) in [6.45, 7) is 0.292. The molecule has 3 aromatic rings. The van der Waals surface area contributed by atoms with Crippen molar-refractivity contribution in [2.24, 2.45) is 0 Å². The number of sulfonamides is 1. The van der Waals surface area contributed by atoms with Gasteiger partial charge in [-0.1, -0.05) is 11.6 Å². The largest absolute Gasteiger partial charge is 0.348 e. The molecule has 6 nitrogen and oxygen atoms in total. The van der Waals surface area contributed by atoms with E-state index in [0.29, 0.717) is 6.54 Å². The number of benzene rings is 2. The van der Waals surface area contributed by atoms with Gasteiger partial charge in [-0.2, -0.15) is 0 Å². The van der Waals surface area contributed by atoms with E-state index < -0.39 is 21.7 Å². The van der Waals surface area contributed by atoms with Crippen molar-refractivity contribution in [2.45, 2.75) is 11.4 Å². The number of rotatable bonds is 6. The van der Waals surface area contributed by atoms with Gasteiger partial charge in [0, 0.05) is 24.5 Å². The van der Waals surface area contributed by atoms with Crippen molar-refractivity contribution < 1.29 is 17.6 Å². The zero-order chi connectivity index (χ0) is 20.1. The van der Waals surface area contributed by atoms with Gasteiger partial charge in [0.25, 0.3) is 15.9 Å². The highest BCUT2D eigenvalue weighted by Gasteiger charge is 2.17. The minimum atomic E-state index is -3.99. The number of hydrogen-bond acceptors (Lipinski definition) is 4. The first kappa shape index (κ1) is 19.8. The van der Waals surface area contributed by atoms with Gasteiger partial charge in [-0.05, 0) is 60.2 Å². The standard InChI is InChI=1S/C19H15ClFN3O3S/c20-17-6-1-14(19(25)23-12-13-7-9-22-10-8-13)11-18(17)24-28(26,27)16-4-2-15(21)3-5-16/h1-11,24H,12H2,(H,23,25). The third kappa shape index (κ3) is 4.85. The second-order valence-electron chi connectivity index (χ2n) is 5.79. The molecule has 2 N–H and O–H groups in total. The highest BCUT2D eigenvalue weighted by atomic mass is 35.5. The van der Waals surface area contributed by atoms with Gasteiger partial charge >= 0.3 is 0 Å². The molecule has 0 aliphatic carbocycles. The smallest absolute Gasteiger partial charge is 0.261 e. The summed E-state index contributed by atoms with van der Waals surface area (Å²) >= 11 is 6.07. The van der Waals surface area contributed by atoms with Crippen molar-refractivity contribution in [1.82, 2.24) is 10.3 Å². The molecule has 0 saturated carbocycles. The molecule has 1 amide bonds. The normalized spacial score (nSPS) is 11.1. The molecular formula is C19H15ClFN3O3S. The molecule has 1 heterocycles. The number of hydrogen-bond donors (Lipinski definition) is 2. The molecule has 1 aromatic heterocycles. The van der Waals surface area contributed by atoms with Gasteiger partial charge in [0.2, 0.25) is 0 Å². The van der Waals surface area contributed by atoms with Crippen molar-refractivity contribution >= 4 is 33.2 Å². The fraction of sp³-hybridized carbons (Fsp3) is 0.0526. The van der Waals surface area contributed by atoms with Gasteiger partial charge in [0.15, 0.2) is 0 Å². The Morgan fingerprint density at radius 2 is 1.71 bits per heavy atom. The van der Waals surface area contributed by atoms with Crippen LogP contribution >= 0.6 is 11.6 Å². The molecule has 2 aromatic carbocycles. The predicted molar refractivity (Wildman–Crippen MR) is 104 cm³/mol. The number of pyridine rings is 1. The molecular weight excluding hydrogens is 405 g/mol. The van der Waals surface area contributed by atoms with Gasteiger partial charge in [0.1, 0.15) is 5.82 Å². The molecule has 0 aliphatic rings. The van der Waals surface area contributed by atoms with E-state index in [1.54, 1.807) is 24.5 Å². The van der Waals surface area contributed by atoms with Crippen molar-refractivity contribution in [3.05, 3.63) is 89.0 Å². The third-order valence-electron chi connectivity index (χ3n) is 3.80. The molecule has 3 rings (SSSR count). The number of nitrogens with zero attached hydrogens (tertiary/aromatic N) is 1. The maximum Gasteiger partial charge on any atom is 0.261 e. The van der Waals surface area contributed by atoms with Crippen LogP contribution < -0.4 is 10.0 Å². The Balaban J connectivity index is 1.77. The summed E-state index contributed by atoms with van der Waals surface area (Å²) in [5, 5.41) is 2.86. The van der Waals surface area contributed by atoms with E-state index in [4.69, 9.17) is 11.6 Å². The van der Waals surface area contributed by atoms with Gasteiger partial charge in [-0.25, -0.2) is 12.8 Å². The van der Waals surface area contributed by atoms with Gasteiger partial charge < -0.3 is 5.32 Å². The van der Waals surface area contributed by atoms with Crippen LogP contribution in [0.15, 0.2) is 71.9 Å². The Hall–Kier alpha value is -2.97. The number of nitrogens with one attached hydrogen (secondary N) is 2. The van der Waals surface area contributed by atoms with Crippen molar-refractivity contribution in [2.75, 3.05) is 4.72 Å². The Kier molecular flexibility index (Phi) is 5.91. The van der Waals surface area contributed by atoms with Crippen molar-refractivity contribution in [3.63, 3.8) is 0 Å². The van der Waals surface area contributed by atoms with Crippen LogP contribution in [0.1, 0.15) is 15.9 Å². The first-order valence-electron chi connectivity index (χ1n) is 8.10. The lowest BCUT2D eigenvalue weighted by Crippen LogP contribution is -2.23. The minimum absolute atomic E-state index is 0.0440. The molecule has 9 heteroatoms. The third-order valence-corrected chi connectivity index (χ3v) is 5.51. The molecule has 0 spiro atoms. The van der Waals surface area contributed by atoms with E-state index in [1.807, 2.05) is 0 Å². The second-order valence-corrected chi connectivity index (χ2v) is 7.88. The minimum Gasteiger partial charge on any atom is -0.348 e. The molecule has 144 valence electrons. The molecule has 0 unspecified atom stereocenters. The van der Waals surface area contributed by atoms with Crippen LogP contribution in [-0.4, -0.2) is 19.3 Å². The van der Waals surface area contributed by atoms with E-state index in [-0.39, 0.29) is 21.2 Å². The monoisotopic (exact) mass is 419 g/mol. The first-order valence-corrected chi connectivity index (χ1v) is 9.96. The number of amides is 1. The Morgan fingerprint density at radius 3 is 2.39 bits per heavy atom. The average molecular weight is 420 g/mol. The van der Waals surface area contributed by atoms with E-state index in [0.717, 1.165) is 29.8 Å². The van der Waals surface area contributed by atoms with Gasteiger partial charge in [0.05, 0.1) is 15.6 Å². The highest BCUT2D eigenvalue weighted by molar-refractivity contribution is 7.92. The van der Waals surface area contributed by atoms with Crippen LogP contribution in [0.25, 0.3) is 0 Å². The lowest BCUT2D eigenvalue weighted by atomic mass is 10.2. The van der Waals surface area contributed by atoms with E-state index in [2.05, 4.69) is 15.0 Å². The maximum atomic E-state index is 13.0. The summed E-state index contributed by atoms with van der Waals surface area (Å²) in [6.07, 6.45) is 3.23. The fourth-order valence-electron chi connectivity index (χ4n) is 2.35. The van der Waals surface area contributed by atoms with Crippen LogP contribution in [0.2, 0.25) is 5.02 Å². The highest BCUT2D eigenvalue weighted by Crippen LogP contribution is 2.26.